The molecule has 2 amide bonds. The van der Waals surface area contributed by atoms with Crippen LogP contribution < -0.4 is 4.90 Å². The van der Waals surface area contributed by atoms with Crippen LogP contribution in [0.1, 0.15) is 10.5 Å². The van der Waals surface area contributed by atoms with Crippen molar-refractivity contribution in [3.8, 4) is 0 Å². The van der Waals surface area contributed by atoms with Gasteiger partial charge in [0.05, 0.1) is 12.1 Å². The minimum Gasteiger partial charge on any atom is -0.339 e. The van der Waals surface area contributed by atoms with E-state index in [1.54, 1.807) is 23.4 Å². The summed E-state index contributed by atoms with van der Waals surface area (Å²) < 4.78 is 0. The van der Waals surface area contributed by atoms with Crippen LogP contribution in [0.2, 0.25) is 0 Å². The monoisotopic (exact) mass is 353 g/mol. The molecule has 0 bridgehead atoms. The maximum Gasteiger partial charge on any atom is 0.274 e. The minimum absolute atomic E-state index is 0.113. The molecule has 9 heteroatoms. The van der Waals surface area contributed by atoms with E-state index in [4.69, 9.17) is 0 Å². The quantitative estimate of drug-likeness (QED) is 0.747. The smallest absolute Gasteiger partial charge is 0.274 e. The van der Waals surface area contributed by atoms with Crippen LogP contribution in [0.4, 0.5) is 5.95 Å². The topological polar surface area (TPSA) is 95.4 Å². The number of piperazine rings is 1. The van der Waals surface area contributed by atoms with E-state index >= 15 is 0 Å². The van der Waals surface area contributed by atoms with Gasteiger partial charge in [-0.2, -0.15) is 0 Å². The Hall–Kier alpha value is -3.10. The van der Waals surface area contributed by atoms with Crippen molar-refractivity contribution >= 4 is 17.8 Å². The van der Waals surface area contributed by atoms with Gasteiger partial charge in [-0.05, 0) is 6.07 Å². The van der Waals surface area contributed by atoms with Crippen LogP contribution in [-0.4, -0.2) is 80.8 Å². The molecule has 2 saturated heterocycles. The SMILES string of the molecule is O=C(c1cnccn1)N1CC(C(=O)N2CCN(c3ncccn3)CC2)C1. The molecule has 0 N–H and O–H groups in total. The first-order valence-corrected chi connectivity index (χ1v) is 8.58. The Labute approximate surface area is 150 Å². The lowest BCUT2D eigenvalue weighted by Crippen LogP contribution is -2.59. The summed E-state index contributed by atoms with van der Waals surface area (Å²) in [5.74, 6) is 0.508. The molecule has 0 aliphatic carbocycles. The number of carbonyl (C=O) groups is 2. The molecule has 9 nitrogen and oxygen atoms in total. The highest BCUT2D eigenvalue weighted by molar-refractivity contribution is 5.94. The Kier molecular flexibility index (Phi) is 4.42. The van der Waals surface area contributed by atoms with E-state index in [0.29, 0.717) is 50.9 Å². The maximum absolute atomic E-state index is 12.6. The Morgan fingerprint density at radius 2 is 1.62 bits per heavy atom. The molecule has 26 heavy (non-hydrogen) atoms. The van der Waals surface area contributed by atoms with E-state index in [9.17, 15) is 9.59 Å². The van der Waals surface area contributed by atoms with Crippen molar-refractivity contribution in [1.82, 2.24) is 29.7 Å². The summed E-state index contributed by atoms with van der Waals surface area (Å²) in [5, 5.41) is 0. The fourth-order valence-electron chi connectivity index (χ4n) is 3.21. The Bertz CT molecular complexity index is 772. The second kappa shape index (κ2) is 7.03. The van der Waals surface area contributed by atoms with Gasteiger partial charge in [-0.3, -0.25) is 14.6 Å². The summed E-state index contributed by atoms with van der Waals surface area (Å²) in [7, 11) is 0. The lowest BCUT2D eigenvalue weighted by molar-refractivity contribution is -0.140. The largest absolute Gasteiger partial charge is 0.339 e. The van der Waals surface area contributed by atoms with Crippen molar-refractivity contribution < 1.29 is 9.59 Å². The van der Waals surface area contributed by atoms with Gasteiger partial charge in [0, 0.05) is 64.1 Å². The Morgan fingerprint density at radius 3 is 2.27 bits per heavy atom. The first-order chi connectivity index (χ1) is 12.7. The van der Waals surface area contributed by atoms with Crippen LogP contribution in [0.5, 0.6) is 0 Å². The van der Waals surface area contributed by atoms with Crippen LogP contribution >= 0.6 is 0 Å². The highest BCUT2D eigenvalue weighted by Crippen LogP contribution is 2.21. The van der Waals surface area contributed by atoms with E-state index < -0.39 is 0 Å². The summed E-state index contributed by atoms with van der Waals surface area (Å²) in [6.45, 7) is 3.60. The number of rotatable bonds is 3. The number of anilines is 1. The van der Waals surface area contributed by atoms with Gasteiger partial charge in [0.2, 0.25) is 11.9 Å². The third-order valence-corrected chi connectivity index (χ3v) is 4.73. The first kappa shape index (κ1) is 16.4. The van der Waals surface area contributed by atoms with E-state index in [0.717, 1.165) is 0 Å². The minimum atomic E-state index is -0.173. The number of aromatic nitrogens is 4. The van der Waals surface area contributed by atoms with Crippen LogP contribution in [0, 0.1) is 5.92 Å². The van der Waals surface area contributed by atoms with Crippen molar-refractivity contribution in [1.29, 1.82) is 0 Å². The van der Waals surface area contributed by atoms with Crippen molar-refractivity contribution in [3.63, 3.8) is 0 Å². The molecule has 4 rings (SSSR count). The van der Waals surface area contributed by atoms with E-state index in [2.05, 4.69) is 24.8 Å². The second-order valence-corrected chi connectivity index (χ2v) is 6.36. The average Bonchev–Trinajstić information content (AvgIpc) is 2.68. The zero-order chi connectivity index (χ0) is 17.9. The van der Waals surface area contributed by atoms with Gasteiger partial charge in [0.1, 0.15) is 5.69 Å². The predicted molar refractivity (Wildman–Crippen MR) is 92.3 cm³/mol. The number of hydrogen-bond donors (Lipinski definition) is 0. The number of amides is 2. The third kappa shape index (κ3) is 3.19. The fraction of sp³-hybridized carbons (Fsp3) is 0.412. The molecule has 0 radical (unpaired) electrons. The van der Waals surface area contributed by atoms with Gasteiger partial charge < -0.3 is 14.7 Å². The number of likely N-dealkylation sites (tertiary alicyclic amines) is 1. The fourth-order valence-corrected chi connectivity index (χ4v) is 3.21. The average molecular weight is 353 g/mol. The number of nitrogens with zero attached hydrogens (tertiary/aromatic N) is 7. The molecule has 0 spiro atoms. The van der Waals surface area contributed by atoms with Gasteiger partial charge in [0.25, 0.3) is 5.91 Å². The molecule has 2 aromatic heterocycles. The lowest BCUT2D eigenvalue weighted by atomic mass is 9.97. The summed E-state index contributed by atoms with van der Waals surface area (Å²) in [5.41, 5.74) is 0.315. The van der Waals surface area contributed by atoms with Crippen LogP contribution in [0.3, 0.4) is 0 Å². The normalized spacial score (nSPS) is 17.8. The zero-order valence-corrected chi connectivity index (χ0v) is 14.2. The molecule has 0 aromatic carbocycles. The Balaban J connectivity index is 1.27. The zero-order valence-electron chi connectivity index (χ0n) is 14.2. The molecule has 2 fully saturated rings. The Morgan fingerprint density at radius 1 is 0.885 bits per heavy atom. The molecule has 2 aromatic rings. The molecule has 0 unspecified atom stereocenters. The van der Waals surface area contributed by atoms with E-state index in [1.807, 2.05) is 4.90 Å². The molecule has 134 valence electrons. The molecule has 0 atom stereocenters. The summed E-state index contributed by atoms with van der Waals surface area (Å²) >= 11 is 0. The summed E-state index contributed by atoms with van der Waals surface area (Å²) in [6, 6.07) is 1.79. The van der Waals surface area contributed by atoms with Crippen LogP contribution in [0.25, 0.3) is 0 Å². The van der Waals surface area contributed by atoms with Crippen molar-refractivity contribution in [2.24, 2.45) is 5.92 Å². The predicted octanol–water partition coefficient (Wildman–Crippen LogP) is -0.313. The van der Waals surface area contributed by atoms with Crippen molar-refractivity contribution in [3.05, 3.63) is 42.7 Å². The van der Waals surface area contributed by atoms with Crippen molar-refractivity contribution in [2.75, 3.05) is 44.2 Å². The standard InChI is InChI=1S/C17H19N7O2/c25-15(13-11-24(12-13)16(26)14-10-18-4-5-19-14)22-6-8-23(9-7-22)17-20-2-1-3-21-17/h1-5,10,13H,6-9,11-12H2. The first-order valence-electron chi connectivity index (χ1n) is 8.58. The summed E-state index contributed by atoms with van der Waals surface area (Å²) in [4.78, 5) is 46.9. The van der Waals surface area contributed by atoms with Crippen molar-refractivity contribution in [2.45, 2.75) is 0 Å². The second-order valence-electron chi connectivity index (χ2n) is 6.36. The molecule has 0 saturated carbocycles. The maximum atomic E-state index is 12.6. The molecule has 2 aliphatic heterocycles. The summed E-state index contributed by atoms with van der Waals surface area (Å²) in [6.07, 6.45) is 7.90. The molecule has 2 aliphatic rings. The van der Waals surface area contributed by atoms with Gasteiger partial charge in [0.15, 0.2) is 0 Å². The van der Waals surface area contributed by atoms with Gasteiger partial charge >= 0.3 is 0 Å². The molecular weight excluding hydrogens is 334 g/mol. The van der Waals surface area contributed by atoms with Gasteiger partial charge in [-0.1, -0.05) is 0 Å². The molecule has 4 heterocycles. The van der Waals surface area contributed by atoms with Crippen LogP contribution in [0.15, 0.2) is 37.1 Å². The van der Waals surface area contributed by atoms with Crippen LogP contribution in [-0.2, 0) is 4.79 Å². The van der Waals surface area contributed by atoms with E-state index in [1.165, 1.54) is 18.6 Å². The third-order valence-electron chi connectivity index (χ3n) is 4.73. The van der Waals surface area contributed by atoms with Gasteiger partial charge in [-0.25, -0.2) is 15.0 Å². The molecular formula is C17H19N7O2. The van der Waals surface area contributed by atoms with E-state index in [-0.39, 0.29) is 17.7 Å². The van der Waals surface area contributed by atoms with Gasteiger partial charge in [-0.15, -0.1) is 0 Å². The number of hydrogen-bond acceptors (Lipinski definition) is 7. The number of carbonyl (C=O) groups excluding carboxylic acids is 2. The lowest BCUT2D eigenvalue weighted by Gasteiger charge is -2.42. The highest BCUT2D eigenvalue weighted by atomic mass is 16.2. The highest BCUT2D eigenvalue weighted by Gasteiger charge is 2.39.